The molecule has 0 radical (unpaired) electrons. The van der Waals surface area contributed by atoms with E-state index in [0.29, 0.717) is 44.9 Å². The van der Waals surface area contributed by atoms with E-state index in [4.69, 9.17) is 0 Å². The number of rotatable bonds is 9. The van der Waals surface area contributed by atoms with Gasteiger partial charge in [-0.1, -0.05) is 109 Å². The average Bonchev–Trinajstić information content (AvgIpc) is 4.11. The first-order valence-electron chi connectivity index (χ1n) is 24.1. The fraction of sp³-hybridized carbons (Fsp3) is 0.600. The molecule has 358 valence electrons. The normalized spacial score (nSPS) is 28.2. The molecular formula is C50H70N8O8. The van der Waals surface area contributed by atoms with E-state index in [9.17, 15) is 38.4 Å². The summed E-state index contributed by atoms with van der Waals surface area (Å²) in [4.78, 5) is 120. The number of hydrogen-bond donors (Lipinski definition) is 5. The third-order valence-corrected chi connectivity index (χ3v) is 13.7. The van der Waals surface area contributed by atoms with Crippen molar-refractivity contribution in [3.8, 4) is 0 Å². The van der Waals surface area contributed by atoms with E-state index in [1.807, 2.05) is 88.4 Å². The lowest BCUT2D eigenvalue weighted by atomic mass is 9.96. The van der Waals surface area contributed by atoms with Crippen LogP contribution in [0.25, 0.3) is 0 Å². The number of hydrogen-bond acceptors (Lipinski definition) is 8. The summed E-state index contributed by atoms with van der Waals surface area (Å²) in [6.45, 7) is 12.0. The first-order valence-corrected chi connectivity index (χ1v) is 24.1. The van der Waals surface area contributed by atoms with Gasteiger partial charge in [0.2, 0.25) is 47.3 Å². The van der Waals surface area contributed by atoms with E-state index in [-0.39, 0.29) is 56.6 Å². The van der Waals surface area contributed by atoms with Crippen LogP contribution in [0.2, 0.25) is 0 Å². The summed E-state index contributed by atoms with van der Waals surface area (Å²) in [6.07, 6.45) is 3.60. The summed E-state index contributed by atoms with van der Waals surface area (Å²) in [5.41, 5.74) is 1.52. The lowest BCUT2D eigenvalue weighted by Gasteiger charge is -2.35. The minimum Gasteiger partial charge on any atom is -0.342 e. The molecule has 4 saturated heterocycles. The Morgan fingerprint density at radius 3 is 1.36 bits per heavy atom. The SMILES string of the molecule is CC[C@H](C)[C@@H]1NC(=O)[C@H](Cc2ccccc2)NC(=O)[C@@H]2CCCN2C(=O)[C@@H]2CCCN2C(=O)[C@H](CC(C)C)NC(=O)[C@H](C(C)C)NC(=O)[C@H](Cc2ccccc2)NC(=O)[C@@H]2CCCN2C1=O. The molecule has 4 aliphatic heterocycles. The van der Waals surface area contributed by atoms with Crippen LogP contribution in [0, 0.1) is 17.8 Å². The highest BCUT2D eigenvalue weighted by molar-refractivity contribution is 5.99. The minimum absolute atomic E-state index is 0.0319. The molecule has 5 N–H and O–H groups in total. The van der Waals surface area contributed by atoms with Gasteiger partial charge in [-0.15, -0.1) is 0 Å². The fourth-order valence-corrected chi connectivity index (χ4v) is 9.80. The lowest BCUT2D eigenvalue weighted by molar-refractivity contribution is -0.148. The zero-order valence-electron chi connectivity index (χ0n) is 39.4. The highest BCUT2D eigenvalue weighted by Gasteiger charge is 2.46. The van der Waals surface area contributed by atoms with Crippen LogP contribution in [-0.2, 0) is 51.2 Å². The predicted molar refractivity (Wildman–Crippen MR) is 248 cm³/mol. The van der Waals surface area contributed by atoms with E-state index in [2.05, 4.69) is 26.6 Å². The molecule has 16 heteroatoms. The smallest absolute Gasteiger partial charge is 0.246 e. The molecule has 8 amide bonds. The summed E-state index contributed by atoms with van der Waals surface area (Å²) >= 11 is 0. The van der Waals surface area contributed by atoms with Crippen LogP contribution in [0.5, 0.6) is 0 Å². The van der Waals surface area contributed by atoms with Crippen molar-refractivity contribution in [2.45, 2.75) is 154 Å². The predicted octanol–water partition coefficient (Wildman–Crippen LogP) is 2.63. The Morgan fingerprint density at radius 1 is 0.485 bits per heavy atom. The summed E-state index contributed by atoms with van der Waals surface area (Å²) < 4.78 is 0. The van der Waals surface area contributed by atoms with E-state index in [1.165, 1.54) is 14.7 Å². The van der Waals surface area contributed by atoms with Gasteiger partial charge in [0.05, 0.1) is 0 Å². The maximum atomic E-state index is 14.7. The topological polar surface area (TPSA) is 206 Å². The zero-order chi connectivity index (χ0) is 47.7. The number of nitrogens with one attached hydrogen (secondary N) is 5. The van der Waals surface area contributed by atoms with Crippen molar-refractivity contribution in [1.82, 2.24) is 41.3 Å². The van der Waals surface area contributed by atoms with Gasteiger partial charge in [-0.05, 0) is 73.8 Å². The molecule has 0 unspecified atom stereocenters. The molecular weight excluding hydrogens is 841 g/mol. The average molecular weight is 911 g/mol. The van der Waals surface area contributed by atoms with Crippen molar-refractivity contribution >= 4 is 47.3 Å². The van der Waals surface area contributed by atoms with E-state index < -0.39 is 95.6 Å². The molecule has 4 aliphatic rings. The maximum absolute atomic E-state index is 14.7. The third-order valence-electron chi connectivity index (χ3n) is 13.7. The third kappa shape index (κ3) is 12.0. The van der Waals surface area contributed by atoms with Crippen LogP contribution in [0.4, 0.5) is 0 Å². The van der Waals surface area contributed by atoms with Crippen LogP contribution >= 0.6 is 0 Å². The summed E-state index contributed by atoms with van der Waals surface area (Å²) in [5, 5.41) is 14.7. The number of amides is 8. The van der Waals surface area contributed by atoms with Gasteiger partial charge in [0.25, 0.3) is 0 Å². The summed E-state index contributed by atoms with van der Waals surface area (Å²) in [7, 11) is 0. The Hall–Kier alpha value is -5.80. The number of nitrogens with zero attached hydrogens (tertiary/aromatic N) is 3. The van der Waals surface area contributed by atoms with Gasteiger partial charge in [-0.25, -0.2) is 0 Å². The monoisotopic (exact) mass is 911 g/mol. The fourth-order valence-electron chi connectivity index (χ4n) is 9.80. The quantitative estimate of drug-likeness (QED) is 0.252. The Kier molecular flexibility index (Phi) is 17.0. The number of carbonyl (C=O) groups excluding carboxylic acids is 8. The van der Waals surface area contributed by atoms with Crippen molar-refractivity contribution in [2.24, 2.45) is 17.8 Å². The largest absolute Gasteiger partial charge is 0.342 e. The summed E-state index contributed by atoms with van der Waals surface area (Å²) in [6, 6.07) is 10.2. The molecule has 0 bridgehead atoms. The zero-order valence-corrected chi connectivity index (χ0v) is 39.4. The molecule has 0 saturated carbocycles. The molecule has 6 rings (SSSR count). The molecule has 2 aromatic carbocycles. The standard InChI is InChI=1S/C50H70N8O8/c1-7-32(6)42-50(66)57-25-15-22-39(57)46(62)51-35(28-33-17-10-8-11-18-33)43(59)54-41(31(4)5)47(63)53-37(27-30(2)3)48(64)58-26-16-23-40(58)49(65)56-24-14-21-38(56)45(61)52-36(44(60)55-42)29-34-19-12-9-13-20-34/h8-13,17-20,30-32,35-42H,7,14-16,21-29H2,1-6H3,(H,51,62)(H,52,61)(H,53,63)(H,54,59)(H,55,60)/t32-,35-,36-,37-,38-,39-,40-,41-,42-/m0/s1. The molecule has 66 heavy (non-hydrogen) atoms. The van der Waals surface area contributed by atoms with E-state index in [0.717, 1.165) is 11.1 Å². The van der Waals surface area contributed by atoms with Gasteiger partial charge < -0.3 is 41.3 Å². The van der Waals surface area contributed by atoms with Crippen LogP contribution in [0.15, 0.2) is 60.7 Å². The van der Waals surface area contributed by atoms with E-state index >= 15 is 0 Å². The van der Waals surface area contributed by atoms with Gasteiger partial charge in [-0.2, -0.15) is 0 Å². The van der Waals surface area contributed by atoms with Crippen molar-refractivity contribution < 1.29 is 38.4 Å². The first-order chi connectivity index (χ1) is 31.6. The summed E-state index contributed by atoms with van der Waals surface area (Å²) in [5.74, 6) is -4.90. The van der Waals surface area contributed by atoms with Crippen molar-refractivity contribution in [1.29, 1.82) is 0 Å². The van der Waals surface area contributed by atoms with Gasteiger partial charge in [0, 0.05) is 32.5 Å². The molecule has 0 aromatic heterocycles. The van der Waals surface area contributed by atoms with Crippen molar-refractivity contribution in [2.75, 3.05) is 19.6 Å². The molecule has 4 heterocycles. The molecule has 0 spiro atoms. The molecule has 2 aromatic rings. The second-order valence-corrected chi connectivity index (χ2v) is 19.4. The highest BCUT2D eigenvalue weighted by Crippen LogP contribution is 2.28. The Balaban J connectivity index is 1.39. The molecule has 0 aliphatic carbocycles. The van der Waals surface area contributed by atoms with Crippen molar-refractivity contribution in [3.05, 3.63) is 71.8 Å². The lowest BCUT2D eigenvalue weighted by Crippen LogP contribution is -2.62. The van der Waals surface area contributed by atoms with Gasteiger partial charge in [0.15, 0.2) is 0 Å². The van der Waals surface area contributed by atoms with Gasteiger partial charge in [-0.3, -0.25) is 38.4 Å². The highest BCUT2D eigenvalue weighted by atomic mass is 16.2. The van der Waals surface area contributed by atoms with Crippen molar-refractivity contribution in [3.63, 3.8) is 0 Å². The van der Waals surface area contributed by atoms with E-state index in [1.54, 1.807) is 13.8 Å². The van der Waals surface area contributed by atoms with Crippen LogP contribution < -0.4 is 26.6 Å². The maximum Gasteiger partial charge on any atom is 0.246 e. The van der Waals surface area contributed by atoms with Crippen LogP contribution in [-0.4, -0.2) is 130 Å². The van der Waals surface area contributed by atoms with Crippen LogP contribution in [0.1, 0.15) is 104 Å². The number of fused-ring (bicyclic) bond motifs is 3. The van der Waals surface area contributed by atoms with Gasteiger partial charge in [0.1, 0.15) is 48.3 Å². The minimum atomic E-state index is -1.15. The van der Waals surface area contributed by atoms with Crippen LogP contribution in [0.3, 0.4) is 0 Å². The Morgan fingerprint density at radius 2 is 0.909 bits per heavy atom. The Bertz CT molecular complexity index is 2070. The molecule has 9 atom stereocenters. The number of carbonyl (C=O) groups is 8. The van der Waals surface area contributed by atoms with Gasteiger partial charge >= 0.3 is 0 Å². The first kappa shape index (κ1) is 49.6. The molecule has 16 nitrogen and oxygen atoms in total. The second-order valence-electron chi connectivity index (χ2n) is 19.4. The molecule has 4 fully saturated rings. The second kappa shape index (κ2) is 22.6. The Labute approximate surface area is 389 Å². The number of benzene rings is 2.